The van der Waals surface area contributed by atoms with Crippen LogP contribution in [-0.4, -0.2) is 44.3 Å². The average Bonchev–Trinajstić information content (AvgIpc) is 2.87. The fourth-order valence-corrected chi connectivity index (χ4v) is 2.70. The second-order valence-electron chi connectivity index (χ2n) is 5.56. The predicted molar refractivity (Wildman–Crippen MR) is 113 cm³/mol. The third-order valence-electron chi connectivity index (χ3n) is 3.82. The standard InChI is InChI=1S/C18H28N4O.HI/c1-4-19-18(20-11-7-13-23-3)21-12-10-15-14(2)22-17-9-6-5-8-16(15)17;/h5-6,8-9,22H,4,7,10-13H2,1-3H3,(H2,19,20,21);1H. The van der Waals surface area contributed by atoms with E-state index in [1.807, 2.05) is 0 Å². The van der Waals surface area contributed by atoms with Crippen molar-refractivity contribution in [1.29, 1.82) is 0 Å². The molecule has 0 atom stereocenters. The van der Waals surface area contributed by atoms with Crippen molar-refractivity contribution in [3.63, 3.8) is 0 Å². The van der Waals surface area contributed by atoms with Crippen LogP contribution in [0.3, 0.4) is 0 Å². The van der Waals surface area contributed by atoms with Crippen molar-refractivity contribution < 1.29 is 4.74 Å². The summed E-state index contributed by atoms with van der Waals surface area (Å²) in [4.78, 5) is 8.01. The minimum Gasteiger partial charge on any atom is -0.385 e. The van der Waals surface area contributed by atoms with E-state index in [-0.39, 0.29) is 24.0 Å². The molecule has 24 heavy (non-hydrogen) atoms. The summed E-state index contributed by atoms with van der Waals surface area (Å²) in [5.41, 5.74) is 3.83. The van der Waals surface area contributed by atoms with Gasteiger partial charge in [0.15, 0.2) is 5.96 Å². The van der Waals surface area contributed by atoms with Gasteiger partial charge in [-0.2, -0.15) is 0 Å². The molecule has 0 unspecified atom stereocenters. The molecule has 0 fully saturated rings. The number of fused-ring (bicyclic) bond motifs is 1. The van der Waals surface area contributed by atoms with Crippen LogP contribution in [-0.2, 0) is 11.2 Å². The van der Waals surface area contributed by atoms with Crippen molar-refractivity contribution in [1.82, 2.24) is 15.6 Å². The minimum absolute atomic E-state index is 0. The van der Waals surface area contributed by atoms with Crippen LogP contribution in [0.4, 0.5) is 0 Å². The van der Waals surface area contributed by atoms with E-state index < -0.39 is 0 Å². The number of H-pyrrole nitrogens is 1. The summed E-state index contributed by atoms with van der Waals surface area (Å²) in [5, 5.41) is 8.01. The van der Waals surface area contributed by atoms with Gasteiger partial charge in [0.05, 0.1) is 0 Å². The Balaban J connectivity index is 0.00000288. The number of aromatic nitrogens is 1. The molecule has 0 bridgehead atoms. The zero-order chi connectivity index (χ0) is 16.5. The number of benzene rings is 1. The molecule has 6 heteroatoms. The fraction of sp³-hybridized carbons (Fsp3) is 0.500. The number of guanidine groups is 1. The van der Waals surface area contributed by atoms with Crippen LogP contribution in [0.25, 0.3) is 10.9 Å². The Hall–Kier alpha value is -1.28. The van der Waals surface area contributed by atoms with E-state index in [1.165, 1.54) is 22.2 Å². The third-order valence-corrected chi connectivity index (χ3v) is 3.82. The van der Waals surface area contributed by atoms with Crippen LogP contribution in [0.15, 0.2) is 29.3 Å². The highest BCUT2D eigenvalue weighted by atomic mass is 127. The molecule has 0 radical (unpaired) electrons. The molecule has 0 aliphatic carbocycles. The molecule has 0 aliphatic rings. The van der Waals surface area contributed by atoms with Gasteiger partial charge in [-0.05, 0) is 38.3 Å². The van der Waals surface area contributed by atoms with E-state index in [2.05, 4.69) is 58.7 Å². The van der Waals surface area contributed by atoms with E-state index in [4.69, 9.17) is 4.74 Å². The molecule has 0 saturated carbocycles. The van der Waals surface area contributed by atoms with Crippen LogP contribution in [0, 0.1) is 6.92 Å². The van der Waals surface area contributed by atoms with Crippen molar-refractivity contribution in [3.05, 3.63) is 35.5 Å². The number of ether oxygens (including phenoxy) is 1. The predicted octanol–water partition coefficient (Wildman–Crippen LogP) is 3.23. The lowest BCUT2D eigenvalue weighted by Crippen LogP contribution is -2.38. The molecule has 0 spiro atoms. The quantitative estimate of drug-likeness (QED) is 0.254. The highest BCUT2D eigenvalue weighted by Crippen LogP contribution is 2.21. The lowest BCUT2D eigenvalue weighted by Gasteiger charge is -2.11. The van der Waals surface area contributed by atoms with Gasteiger partial charge in [-0.25, -0.2) is 0 Å². The number of para-hydroxylation sites is 1. The maximum absolute atomic E-state index is 5.05. The molecule has 3 N–H and O–H groups in total. The molecule has 0 aliphatic heterocycles. The van der Waals surface area contributed by atoms with Crippen LogP contribution in [0.1, 0.15) is 24.6 Å². The van der Waals surface area contributed by atoms with Crippen LogP contribution < -0.4 is 10.6 Å². The Bertz CT molecular complexity index is 639. The minimum atomic E-state index is 0. The van der Waals surface area contributed by atoms with E-state index in [1.54, 1.807) is 7.11 Å². The number of aryl methyl sites for hydroxylation is 1. The normalized spacial score (nSPS) is 11.4. The zero-order valence-corrected chi connectivity index (χ0v) is 17.1. The van der Waals surface area contributed by atoms with Crippen LogP contribution in [0.5, 0.6) is 0 Å². The molecule has 5 nitrogen and oxygen atoms in total. The molecule has 2 aromatic rings. The number of hydrogen-bond acceptors (Lipinski definition) is 2. The Morgan fingerprint density at radius 3 is 2.79 bits per heavy atom. The Kier molecular flexibility index (Phi) is 9.78. The van der Waals surface area contributed by atoms with E-state index >= 15 is 0 Å². The van der Waals surface area contributed by atoms with Crippen molar-refractivity contribution in [3.8, 4) is 0 Å². The largest absolute Gasteiger partial charge is 0.385 e. The Morgan fingerprint density at radius 1 is 1.25 bits per heavy atom. The van der Waals surface area contributed by atoms with E-state index in [0.717, 1.165) is 45.0 Å². The van der Waals surface area contributed by atoms with Crippen molar-refractivity contribution >= 4 is 40.8 Å². The first-order valence-electron chi connectivity index (χ1n) is 8.33. The van der Waals surface area contributed by atoms with Crippen molar-refractivity contribution in [2.75, 3.05) is 33.4 Å². The molecule has 1 aromatic carbocycles. The molecule has 0 saturated heterocycles. The topological polar surface area (TPSA) is 61.4 Å². The zero-order valence-electron chi connectivity index (χ0n) is 14.8. The maximum atomic E-state index is 5.05. The van der Waals surface area contributed by atoms with E-state index in [9.17, 15) is 0 Å². The lowest BCUT2D eigenvalue weighted by atomic mass is 10.1. The number of nitrogens with zero attached hydrogens (tertiary/aromatic N) is 1. The fourth-order valence-electron chi connectivity index (χ4n) is 2.70. The number of aliphatic imine (C=N–C) groups is 1. The number of hydrogen-bond donors (Lipinski definition) is 3. The number of halogens is 1. The van der Waals surface area contributed by atoms with E-state index in [0.29, 0.717) is 0 Å². The van der Waals surface area contributed by atoms with Crippen LogP contribution in [0.2, 0.25) is 0 Å². The number of nitrogens with one attached hydrogen (secondary N) is 3. The summed E-state index contributed by atoms with van der Waals surface area (Å²) >= 11 is 0. The Labute approximate surface area is 161 Å². The molecule has 1 heterocycles. The van der Waals surface area contributed by atoms with Crippen molar-refractivity contribution in [2.24, 2.45) is 4.99 Å². The third kappa shape index (κ3) is 5.98. The van der Waals surface area contributed by atoms with Gasteiger partial charge in [-0.15, -0.1) is 24.0 Å². The van der Waals surface area contributed by atoms with Gasteiger partial charge >= 0.3 is 0 Å². The lowest BCUT2D eigenvalue weighted by molar-refractivity contribution is 0.197. The summed E-state index contributed by atoms with van der Waals surface area (Å²) in [6, 6.07) is 8.46. The molecular weight excluding hydrogens is 415 g/mol. The first kappa shape index (κ1) is 20.8. The molecular formula is C18H29IN4O. The molecule has 0 amide bonds. The first-order valence-corrected chi connectivity index (χ1v) is 8.33. The SMILES string of the molecule is CCNC(=NCCCOC)NCCc1c(C)[nH]c2ccccc12.I. The smallest absolute Gasteiger partial charge is 0.191 e. The van der Waals surface area contributed by atoms with Gasteiger partial charge in [-0.1, -0.05) is 18.2 Å². The molecule has 2 rings (SSSR count). The highest BCUT2D eigenvalue weighted by Gasteiger charge is 2.07. The van der Waals surface area contributed by atoms with Gasteiger partial charge in [0.1, 0.15) is 0 Å². The van der Waals surface area contributed by atoms with Gasteiger partial charge in [0, 0.05) is 49.9 Å². The average molecular weight is 444 g/mol. The summed E-state index contributed by atoms with van der Waals surface area (Å²) in [6.07, 6.45) is 1.91. The number of aromatic amines is 1. The maximum Gasteiger partial charge on any atom is 0.191 e. The van der Waals surface area contributed by atoms with Gasteiger partial charge in [-0.3, -0.25) is 4.99 Å². The summed E-state index contributed by atoms with van der Waals surface area (Å²) in [5.74, 6) is 0.876. The van der Waals surface area contributed by atoms with Crippen molar-refractivity contribution in [2.45, 2.75) is 26.7 Å². The van der Waals surface area contributed by atoms with Gasteiger partial charge in [0.2, 0.25) is 0 Å². The van der Waals surface area contributed by atoms with Gasteiger partial charge < -0.3 is 20.4 Å². The molecule has 1 aromatic heterocycles. The number of rotatable bonds is 8. The van der Waals surface area contributed by atoms with Gasteiger partial charge in [0.25, 0.3) is 0 Å². The second-order valence-corrected chi connectivity index (χ2v) is 5.56. The highest BCUT2D eigenvalue weighted by molar-refractivity contribution is 14.0. The first-order chi connectivity index (χ1) is 11.3. The monoisotopic (exact) mass is 444 g/mol. The summed E-state index contributed by atoms with van der Waals surface area (Å²) in [6.45, 7) is 7.46. The second kappa shape index (κ2) is 11.3. The van der Waals surface area contributed by atoms with Crippen LogP contribution >= 0.6 is 24.0 Å². The Morgan fingerprint density at radius 2 is 2.04 bits per heavy atom. The number of methoxy groups -OCH3 is 1. The summed E-state index contributed by atoms with van der Waals surface area (Å²) in [7, 11) is 1.72. The molecule has 134 valence electrons. The summed E-state index contributed by atoms with van der Waals surface area (Å²) < 4.78 is 5.05.